The van der Waals surface area contributed by atoms with Crippen molar-refractivity contribution in [1.82, 2.24) is 5.43 Å². The molecule has 5 nitrogen and oxygen atoms in total. The number of carboxylic acid groups (broad SMARTS) is 1. The monoisotopic (exact) mass is 298 g/mol. The van der Waals surface area contributed by atoms with E-state index in [1.54, 1.807) is 24.3 Å². The third-order valence-electron chi connectivity index (χ3n) is 4.23. The maximum absolute atomic E-state index is 10.9. The number of aromatic carboxylic acids is 1. The molecule has 0 radical (unpaired) electrons. The molecule has 3 rings (SSSR count). The molecule has 1 fully saturated rings. The fourth-order valence-electron chi connectivity index (χ4n) is 2.77. The van der Waals surface area contributed by atoms with Gasteiger partial charge in [0.1, 0.15) is 6.23 Å². The van der Waals surface area contributed by atoms with Gasteiger partial charge in [0.25, 0.3) is 0 Å². The minimum Gasteiger partial charge on any atom is -0.478 e. The summed E-state index contributed by atoms with van der Waals surface area (Å²) >= 11 is 0. The molecule has 2 aromatic carbocycles. The average molecular weight is 298 g/mol. The number of hydrogen-bond donors (Lipinski definition) is 3. The summed E-state index contributed by atoms with van der Waals surface area (Å²) in [6.07, 6.45) is -0.714. The maximum Gasteiger partial charge on any atom is 0.335 e. The van der Waals surface area contributed by atoms with Gasteiger partial charge in [0.2, 0.25) is 0 Å². The Bertz CT molecular complexity index is 672. The number of anilines is 1. The molecule has 0 saturated carbocycles. The molecule has 0 amide bonds. The molecule has 1 aliphatic rings. The van der Waals surface area contributed by atoms with Gasteiger partial charge in [-0.3, -0.25) is 0 Å². The first-order chi connectivity index (χ1) is 10.5. The van der Waals surface area contributed by atoms with Gasteiger partial charge in [0.15, 0.2) is 0 Å². The number of rotatable bonds is 3. The molecule has 0 spiro atoms. The van der Waals surface area contributed by atoms with Crippen molar-refractivity contribution in [2.75, 3.05) is 11.6 Å². The number of hydrogen-bond acceptors (Lipinski definition) is 4. The lowest BCUT2D eigenvalue weighted by Crippen LogP contribution is -2.39. The van der Waals surface area contributed by atoms with E-state index in [1.165, 1.54) is 0 Å². The first kappa shape index (κ1) is 14.6. The van der Waals surface area contributed by atoms with Crippen LogP contribution < -0.4 is 10.4 Å². The Labute approximate surface area is 128 Å². The van der Waals surface area contributed by atoms with Gasteiger partial charge in [0, 0.05) is 6.54 Å². The summed E-state index contributed by atoms with van der Waals surface area (Å²) < 4.78 is 0. The van der Waals surface area contributed by atoms with Gasteiger partial charge in [-0.15, -0.1) is 0 Å². The summed E-state index contributed by atoms with van der Waals surface area (Å²) in [5.74, 6) is -0.949. The highest BCUT2D eigenvalue weighted by atomic mass is 16.4. The summed E-state index contributed by atoms with van der Waals surface area (Å²) in [7, 11) is 0. The number of aliphatic hydroxyl groups is 1. The molecule has 2 unspecified atom stereocenters. The van der Waals surface area contributed by atoms with Crippen LogP contribution >= 0.6 is 0 Å². The summed E-state index contributed by atoms with van der Waals surface area (Å²) in [6, 6.07) is 16.5. The van der Waals surface area contributed by atoms with Crippen molar-refractivity contribution in [2.24, 2.45) is 0 Å². The van der Waals surface area contributed by atoms with E-state index in [1.807, 2.05) is 42.3 Å². The quantitative estimate of drug-likeness (QED) is 0.808. The van der Waals surface area contributed by atoms with Crippen LogP contribution in [0.3, 0.4) is 0 Å². The minimum absolute atomic E-state index is 0.245. The van der Waals surface area contributed by atoms with E-state index in [4.69, 9.17) is 5.11 Å². The normalized spacial score (nSPS) is 24.5. The van der Waals surface area contributed by atoms with E-state index in [0.29, 0.717) is 6.54 Å². The van der Waals surface area contributed by atoms with E-state index in [2.05, 4.69) is 5.43 Å². The SMILES string of the molecule is CC1(c2ccccc2)CN(c2ccc(C(=O)O)cc2)NC1O. The molecule has 2 aromatic rings. The zero-order valence-electron chi connectivity index (χ0n) is 12.2. The minimum atomic E-state index is -0.949. The molecule has 5 heteroatoms. The molecule has 0 aliphatic carbocycles. The molecule has 3 N–H and O–H groups in total. The molecular formula is C17H18N2O3. The van der Waals surface area contributed by atoms with Gasteiger partial charge in [-0.2, -0.15) is 0 Å². The lowest BCUT2D eigenvalue weighted by Gasteiger charge is -2.26. The highest BCUT2D eigenvalue weighted by molar-refractivity contribution is 5.88. The lowest BCUT2D eigenvalue weighted by atomic mass is 9.82. The van der Waals surface area contributed by atoms with Crippen LogP contribution in [0.4, 0.5) is 5.69 Å². The number of carboxylic acids is 1. The molecule has 0 aromatic heterocycles. The van der Waals surface area contributed by atoms with Crippen LogP contribution in [0.2, 0.25) is 0 Å². The van der Waals surface area contributed by atoms with Crippen molar-refractivity contribution >= 4 is 11.7 Å². The standard InChI is InChI=1S/C17H18N2O3/c1-17(13-5-3-2-4-6-13)11-19(18-16(17)22)14-9-7-12(8-10-14)15(20)21/h2-10,16,18,22H,11H2,1H3,(H,20,21). The topological polar surface area (TPSA) is 72.8 Å². The van der Waals surface area contributed by atoms with Crippen molar-refractivity contribution in [1.29, 1.82) is 0 Å². The zero-order valence-corrected chi connectivity index (χ0v) is 12.2. The van der Waals surface area contributed by atoms with Gasteiger partial charge in [-0.1, -0.05) is 30.3 Å². The second-order valence-electron chi connectivity index (χ2n) is 5.75. The molecule has 2 atom stereocenters. The van der Waals surface area contributed by atoms with E-state index < -0.39 is 17.6 Å². The Morgan fingerprint density at radius 1 is 1.18 bits per heavy atom. The van der Waals surface area contributed by atoms with Crippen molar-refractivity contribution < 1.29 is 15.0 Å². The summed E-state index contributed by atoms with van der Waals surface area (Å²) in [5.41, 5.74) is 4.73. The fraction of sp³-hybridized carbons (Fsp3) is 0.235. The van der Waals surface area contributed by atoms with Gasteiger partial charge in [0.05, 0.1) is 16.7 Å². The Hall–Kier alpha value is -2.37. The van der Waals surface area contributed by atoms with Crippen LogP contribution in [0.1, 0.15) is 22.8 Å². The van der Waals surface area contributed by atoms with Crippen LogP contribution in [0.15, 0.2) is 54.6 Å². The average Bonchev–Trinajstić information content (AvgIpc) is 2.85. The van der Waals surface area contributed by atoms with Crippen LogP contribution in [-0.2, 0) is 5.41 Å². The molecular weight excluding hydrogens is 280 g/mol. The Morgan fingerprint density at radius 3 is 2.41 bits per heavy atom. The Balaban J connectivity index is 1.85. The number of carbonyl (C=O) groups is 1. The second kappa shape index (κ2) is 5.44. The van der Waals surface area contributed by atoms with E-state index in [-0.39, 0.29) is 5.56 Å². The van der Waals surface area contributed by atoms with E-state index in [0.717, 1.165) is 11.3 Å². The zero-order chi connectivity index (χ0) is 15.7. The van der Waals surface area contributed by atoms with Crippen molar-refractivity contribution in [2.45, 2.75) is 18.6 Å². The summed E-state index contributed by atoms with van der Waals surface area (Å²) in [4.78, 5) is 10.9. The highest BCUT2D eigenvalue weighted by Crippen LogP contribution is 2.34. The van der Waals surface area contributed by atoms with Crippen molar-refractivity contribution in [3.63, 3.8) is 0 Å². The van der Waals surface area contributed by atoms with Crippen LogP contribution in [0, 0.1) is 0 Å². The first-order valence-corrected chi connectivity index (χ1v) is 7.11. The third kappa shape index (κ3) is 2.45. The Morgan fingerprint density at radius 2 is 1.82 bits per heavy atom. The molecule has 0 bridgehead atoms. The van der Waals surface area contributed by atoms with Gasteiger partial charge in [-0.25, -0.2) is 10.2 Å². The first-order valence-electron chi connectivity index (χ1n) is 7.11. The summed E-state index contributed by atoms with van der Waals surface area (Å²) in [5, 5.41) is 21.2. The predicted molar refractivity (Wildman–Crippen MR) is 83.7 cm³/mol. The van der Waals surface area contributed by atoms with Crippen LogP contribution in [0.25, 0.3) is 0 Å². The largest absolute Gasteiger partial charge is 0.478 e. The number of hydrazine groups is 1. The third-order valence-corrected chi connectivity index (χ3v) is 4.23. The lowest BCUT2D eigenvalue weighted by molar-refractivity contribution is 0.0697. The van der Waals surface area contributed by atoms with Crippen molar-refractivity contribution in [3.05, 3.63) is 65.7 Å². The number of benzene rings is 2. The molecule has 1 saturated heterocycles. The number of nitrogens with one attached hydrogen (secondary N) is 1. The molecule has 1 heterocycles. The molecule has 114 valence electrons. The van der Waals surface area contributed by atoms with Gasteiger partial charge < -0.3 is 15.2 Å². The van der Waals surface area contributed by atoms with Crippen LogP contribution in [-0.4, -0.2) is 29.0 Å². The van der Waals surface area contributed by atoms with Crippen molar-refractivity contribution in [3.8, 4) is 0 Å². The Kier molecular flexibility index (Phi) is 3.60. The number of aliphatic hydroxyl groups excluding tert-OH is 1. The second-order valence-corrected chi connectivity index (χ2v) is 5.75. The smallest absolute Gasteiger partial charge is 0.335 e. The number of nitrogens with zero attached hydrogens (tertiary/aromatic N) is 1. The summed E-state index contributed by atoms with van der Waals surface area (Å²) in [6.45, 7) is 2.59. The molecule has 22 heavy (non-hydrogen) atoms. The fourth-order valence-corrected chi connectivity index (χ4v) is 2.77. The van der Waals surface area contributed by atoms with Gasteiger partial charge >= 0.3 is 5.97 Å². The van der Waals surface area contributed by atoms with Crippen LogP contribution in [0.5, 0.6) is 0 Å². The maximum atomic E-state index is 10.9. The molecule has 1 aliphatic heterocycles. The van der Waals surface area contributed by atoms with E-state index in [9.17, 15) is 9.90 Å². The predicted octanol–water partition coefficient (Wildman–Crippen LogP) is 1.99. The highest BCUT2D eigenvalue weighted by Gasteiger charge is 2.43. The van der Waals surface area contributed by atoms with E-state index >= 15 is 0 Å². The van der Waals surface area contributed by atoms with Gasteiger partial charge in [-0.05, 0) is 36.8 Å².